The first kappa shape index (κ1) is 13.9. The molecule has 1 fully saturated rings. The van der Waals surface area contributed by atoms with Crippen LogP contribution in [-0.2, 0) is 0 Å². The molecule has 3 rings (SSSR count). The summed E-state index contributed by atoms with van der Waals surface area (Å²) in [6.45, 7) is 0. The van der Waals surface area contributed by atoms with Gasteiger partial charge in [0.2, 0.25) is 0 Å². The molecular weight excluding hydrogens is 266 g/mol. The summed E-state index contributed by atoms with van der Waals surface area (Å²) in [5, 5.41) is 5.58. The van der Waals surface area contributed by atoms with Crippen molar-refractivity contribution in [3.63, 3.8) is 0 Å². The number of pyridine rings is 1. The van der Waals surface area contributed by atoms with E-state index in [1.165, 1.54) is 6.42 Å². The lowest BCUT2D eigenvalue weighted by atomic mass is 10.1. The second-order valence-corrected chi connectivity index (χ2v) is 5.43. The molecule has 0 amide bonds. The molecule has 2 aromatic rings. The van der Waals surface area contributed by atoms with E-state index in [0.29, 0.717) is 5.75 Å². The van der Waals surface area contributed by atoms with E-state index < -0.39 is 0 Å². The van der Waals surface area contributed by atoms with Crippen LogP contribution in [0.5, 0.6) is 11.5 Å². The number of benzene rings is 1. The first-order valence-corrected chi connectivity index (χ1v) is 7.26. The Balaban J connectivity index is 2.02. The maximum Gasteiger partial charge on any atom is 0.161 e. The molecule has 1 aromatic heterocycles. The summed E-state index contributed by atoms with van der Waals surface area (Å²) in [6, 6.07) is 6.38. The normalized spacial score (nSPS) is 21.5. The van der Waals surface area contributed by atoms with Crippen molar-refractivity contribution in [2.24, 2.45) is 5.73 Å². The van der Waals surface area contributed by atoms with Crippen LogP contribution in [0.25, 0.3) is 10.8 Å². The van der Waals surface area contributed by atoms with Crippen molar-refractivity contribution in [3.05, 3.63) is 24.4 Å². The average molecular weight is 287 g/mol. The number of rotatable bonds is 4. The van der Waals surface area contributed by atoms with Gasteiger partial charge < -0.3 is 20.5 Å². The predicted molar refractivity (Wildman–Crippen MR) is 84.1 cm³/mol. The number of anilines is 1. The van der Waals surface area contributed by atoms with E-state index in [1.54, 1.807) is 20.4 Å². The van der Waals surface area contributed by atoms with Gasteiger partial charge in [0.05, 0.1) is 14.2 Å². The molecule has 1 aromatic carbocycles. The number of nitrogens with zero attached hydrogens (tertiary/aromatic N) is 1. The lowest BCUT2D eigenvalue weighted by Gasteiger charge is -2.19. The number of ether oxygens (including phenoxy) is 2. The van der Waals surface area contributed by atoms with Crippen LogP contribution in [0.3, 0.4) is 0 Å². The van der Waals surface area contributed by atoms with Crippen molar-refractivity contribution in [2.75, 3.05) is 19.5 Å². The second-order valence-electron chi connectivity index (χ2n) is 5.43. The average Bonchev–Trinajstić information content (AvgIpc) is 2.91. The lowest BCUT2D eigenvalue weighted by Crippen LogP contribution is -2.35. The van der Waals surface area contributed by atoms with Crippen LogP contribution in [0.4, 0.5) is 5.82 Å². The fraction of sp³-hybridized carbons (Fsp3) is 0.438. The highest BCUT2D eigenvalue weighted by atomic mass is 16.5. The number of aromatic nitrogens is 1. The molecule has 2 atom stereocenters. The van der Waals surface area contributed by atoms with Crippen LogP contribution in [-0.4, -0.2) is 31.3 Å². The Morgan fingerprint density at radius 2 is 1.95 bits per heavy atom. The maximum absolute atomic E-state index is 6.14. The fourth-order valence-corrected chi connectivity index (χ4v) is 2.96. The van der Waals surface area contributed by atoms with Gasteiger partial charge in [-0.05, 0) is 42.8 Å². The summed E-state index contributed by atoms with van der Waals surface area (Å²) >= 11 is 0. The van der Waals surface area contributed by atoms with Crippen molar-refractivity contribution in [1.82, 2.24) is 4.98 Å². The molecular formula is C16H21N3O2. The largest absolute Gasteiger partial charge is 0.493 e. The third kappa shape index (κ3) is 2.61. The molecule has 1 aliphatic carbocycles. The molecule has 5 nitrogen and oxygen atoms in total. The molecule has 112 valence electrons. The summed E-state index contributed by atoms with van der Waals surface area (Å²) in [4.78, 5) is 4.47. The minimum absolute atomic E-state index is 0.196. The molecule has 21 heavy (non-hydrogen) atoms. The standard InChI is InChI=1S/C16H21N3O2/c1-20-14-8-10-6-7-18-16(11(10)9-15(14)21-2)19-13-5-3-4-12(13)17/h6-9,12-13H,3-5,17H2,1-2H3,(H,18,19). The number of fused-ring (bicyclic) bond motifs is 1. The van der Waals surface area contributed by atoms with Crippen molar-refractivity contribution in [2.45, 2.75) is 31.3 Å². The Labute approximate surface area is 124 Å². The third-order valence-corrected chi connectivity index (χ3v) is 4.16. The number of nitrogens with one attached hydrogen (secondary N) is 1. The molecule has 0 bridgehead atoms. The van der Waals surface area contributed by atoms with Crippen LogP contribution in [0, 0.1) is 0 Å². The molecule has 1 aliphatic rings. The number of hydrogen-bond donors (Lipinski definition) is 2. The van der Waals surface area contributed by atoms with Crippen molar-refractivity contribution >= 4 is 16.6 Å². The van der Waals surface area contributed by atoms with E-state index in [2.05, 4.69) is 10.3 Å². The quantitative estimate of drug-likeness (QED) is 0.904. The Bertz CT molecular complexity index is 645. The first-order chi connectivity index (χ1) is 10.2. The van der Waals surface area contributed by atoms with Gasteiger partial charge >= 0.3 is 0 Å². The van der Waals surface area contributed by atoms with E-state index in [0.717, 1.165) is 35.2 Å². The van der Waals surface area contributed by atoms with E-state index in [-0.39, 0.29) is 12.1 Å². The highest BCUT2D eigenvalue weighted by Crippen LogP contribution is 2.35. The zero-order chi connectivity index (χ0) is 14.8. The SMILES string of the molecule is COc1cc2ccnc(NC3CCCC3N)c2cc1OC. The summed E-state index contributed by atoms with van der Waals surface area (Å²) < 4.78 is 10.7. The van der Waals surface area contributed by atoms with E-state index in [9.17, 15) is 0 Å². The molecule has 1 saturated carbocycles. The third-order valence-electron chi connectivity index (χ3n) is 4.16. The molecule has 3 N–H and O–H groups in total. The smallest absolute Gasteiger partial charge is 0.161 e. The van der Waals surface area contributed by atoms with Gasteiger partial charge in [-0.15, -0.1) is 0 Å². The highest BCUT2D eigenvalue weighted by Gasteiger charge is 2.24. The van der Waals surface area contributed by atoms with Gasteiger partial charge in [0.25, 0.3) is 0 Å². The molecule has 5 heteroatoms. The predicted octanol–water partition coefficient (Wildman–Crippen LogP) is 2.54. The van der Waals surface area contributed by atoms with Gasteiger partial charge in [0, 0.05) is 23.7 Å². The van der Waals surface area contributed by atoms with Crippen LogP contribution in [0.2, 0.25) is 0 Å². The van der Waals surface area contributed by atoms with E-state index >= 15 is 0 Å². The number of methoxy groups -OCH3 is 2. The number of nitrogens with two attached hydrogens (primary N) is 1. The Kier molecular flexibility index (Phi) is 3.84. The molecule has 2 unspecified atom stereocenters. The van der Waals surface area contributed by atoms with Crippen LogP contribution < -0.4 is 20.5 Å². The van der Waals surface area contributed by atoms with Crippen molar-refractivity contribution in [3.8, 4) is 11.5 Å². The first-order valence-electron chi connectivity index (χ1n) is 7.26. The zero-order valence-corrected chi connectivity index (χ0v) is 12.4. The minimum atomic E-state index is 0.196. The molecule has 1 heterocycles. The van der Waals surface area contributed by atoms with E-state index in [4.69, 9.17) is 15.2 Å². The van der Waals surface area contributed by atoms with Crippen LogP contribution in [0.1, 0.15) is 19.3 Å². The maximum atomic E-state index is 6.14. The van der Waals surface area contributed by atoms with E-state index in [1.807, 2.05) is 18.2 Å². The van der Waals surface area contributed by atoms with Crippen LogP contribution >= 0.6 is 0 Å². The highest BCUT2D eigenvalue weighted by molar-refractivity contribution is 5.94. The van der Waals surface area contributed by atoms with Gasteiger partial charge in [0.1, 0.15) is 5.82 Å². The lowest BCUT2D eigenvalue weighted by molar-refractivity contribution is 0.356. The summed E-state index contributed by atoms with van der Waals surface area (Å²) in [5.41, 5.74) is 6.14. The molecule has 0 saturated heterocycles. The Hall–Kier alpha value is -2.01. The Morgan fingerprint density at radius 3 is 2.62 bits per heavy atom. The molecule has 0 radical (unpaired) electrons. The summed E-state index contributed by atoms with van der Waals surface area (Å²) in [5.74, 6) is 2.28. The van der Waals surface area contributed by atoms with Crippen molar-refractivity contribution in [1.29, 1.82) is 0 Å². The monoisotopic (exact) mass is 287 g/mol. The van der Waals surface area contributed by atoms with Gasteiger partial charge in [-0.2, -0.15) is 0 Å². The summed E-state index contributed by atoms with van der Waals surface area (Å²) in [6.07, 6.45) is 5.13. The van der Waals surface area contributed by atoms with Gasteiger partial charge in [-0.3, -0.25) is 0 Å². The second kappa shape index (κ2) is 5.77. The van der Waals surface area contributed by atoms with Crippen molar-refractivity contribution < 1.29 is 9.47 Å². The van der Waals surface area contributed by atoms with Gasteiger partial charge in [0.15, 0.2) is 11.5 Å². The zero-order valence-electron chi connectivity index (χ0n) is 12.4. The summed E-state index contributed by atoms with van der Waals surface area (Å²) in [7, 11) is 3.28. The number of hydrogen-bond acceptors (Lipinski definition) is 5. The van der Waals surface area contributed by atoms with Crippen LogP contribution in [0.15, 0.2) is 24.4 Å². The fourth-order valence-electron chi connectivity index (χ4n) is 2.96. The molecule has 0 aliphatic heterocycles. The molecule has 0 spiro atoms. The van der Waals surface area contributed by atoms with Gasteiger partial charge in [-0.1, -0.05) is 0 Å². The minimum Gasteiger partial charge on any atom is -0.493 e. The van der Waals surface area contributed by atoms with Gasteiger partial charge in [-0.25, -0.2) is 4.98 Å². The Morgan fingerprint density at radius 1 is 1.19 bits per heavy atom. The topological polar surface area (TPSA) is 69.4 Å².